The highest BCUT2D eigenvalue weighted by atomic mass is 16.3. The number of rotatable bonds is 0. The average molecular weight is 187 g/mol. The molecular weight excluding hydrogens is 174 g/mol. The fourth-order valence-electron chi connectivity index (χ4n) is 1.67. The average Bonchev–Trinajstić information content (AvgIpc) is 2.24. The molecule has 0 saturated carbocycles. The molecule has 2 rings (SSSR count). The van der Waals surface area contributed by atoms with Gasteiger partial charge in [0.2, 0.25) is 0 Å². The Balaban J connectivity index is 2.62. The number of para-hydroxylation sites is 1. The molecule has 2 nitrogen and oxygen atoms in total. The third-order valence-corrected chi connectivity index (χ3v) is 2.30. The number of nitrogens with zero attached hydrogens (tertiary/aromatic N) is 1. The van der Waals surface area contributed by atoms with Crippen molar-refractivity contribution in [2.45, 2.75) is 19.4 Å². The number of aliphatic imine (C=N–C) groups is 1. The van der Waals surface area contributed by atoms with Gasteiger partial charge in [0.05, 0.1) is 5.69 Å². The molecule has 1 aromatic rings. The number of aliphatic hydroxyl groups is 1. The molecule has 1 N–H and O–H groups in total. The molecule has 1 aliphatic rings. The van der Waals surface area contributed by atoms with Gasteiger partial charge in [-0.2, -0.15) is 0 Å². The molecule has 1 unspecified atom stereocenters. The molecule has 1 aromatic carbocycles. The van der Waals surface area contributed by atoms with E-state index in [1.54, 1.807) is 13.1 Å². The molecule has 0 amide bonds. The highest BCUT2D eigenvalue weighted by Gasteiger charge is 2.18. The molecule has 1 heterocycles. The van der Waals surface area contributed by atoms with Crippen LogP contribution in [0.3, 0.4) is 0 Å². The number of hydrogen-bond acceptors (Lipinski definition) is 2. The van der Waals surface area contributed by atoms with Crippen molar-refractivity contribution < 1.29 is 5.11 Å². The SMILES string of the molecule is CC1=CC(C)(O)C=Nc2ccccc21. The summed E-state index contributed by atoms with van der Waals surface area (Å²) >= 11 is 0. The normalized spacial score (nSPS) is 25.2. The third kappa shape index (κ3) is 1.61. The lowest BCUT2D eigenvalue weighted by Crippen LogP contribution is -2.22. The second-order valence-corrected chi connectivity index (χ2v) is 3.83. The predicted molar refractivity (Wildman–Crippen MR) is 58.9 cm³/mol. The van der Waals surface area contributed by atoms with Crippen molar-refractivity contribution in [2.75, 3.05) is 0 Å². The summed E-state index contributed by atoms with van der Waals surface area (Å²) in [5.41, 5.74) is 2.12. The first-order valence-corrected chi connectivity index (χ1v) is 4.65. The quantitative estimate of drug-likeness (QED) is 0.665. The van der Waals surface area contributed by atoms with E-state index in [2.05, 4.69) is 4.99 Å². The summed E-state index contributed by atoms with van der Waals surface area (Å²) in [4.78, 5) is 4.26. The first-order valence-electron chi connectivity index (χ1n) is 4.65. The fraction of sp³-hybridized carbons (Fsp3) is 0.250. The second kappa shape index (κ2) is 3.07. The molecule has 0 aromatic heterocycles. The Hall–Kier alpha value is -1.41. The van der Waals surface area contributed by atoms with Crippen LogP contribution in [0.5, 0.6) is 0 Å². The minimum Gasteiger partial charge on any atom is -0.380 e. The zero-order valence-electron chi connectivity index (χ0n) is 8.36. The van der Waals surface area contributed by atoms with Gasteiger partial charge in [-0.25, -0.2) is 0 Å². The van der Waals surface area contributed by atoms with Gasteiger partial charge < -0.3 is 5.11 Å². The van der Waals surface area contributed by atoms with E-state index < -0.39 is 5.60 Å². The standard InChI is InChI=1S/C12H13NO/c1-9-7-12(2,14)8-13-11-6-4-3-5-10(9)11/h3-8,14H,1-2H3. The minimum absolute atomic E-state index is 0.916. The van der Waals surface area contributed by atoms with Gasteiger partial charge in [-0.05, 0) is 31.6 Å². The summed E-state index contributed by atoms with van der Waals surface area (Å²) in [6.07, 6.45) is 3.39. The lowest BCUT2D eigenvalue weighted by molar-refractivity contribution is 0.190. The van der Waals surface area contributed by atoms with Crippen molar-refractivity contribution in [2.24, 2.45) is 4.99 Å². The van der Waals surface area contributed by atoms with Crippen LogP contribution in [-0.4, -0.2) is 16.9 Å². The first-order chi connectivity index (χ1) is 6.58. The van der Waals surface area contributed by atoms with Crippen LogP contribution in [0.2, 0.25) is 0 Å². The van der Waals surface area contributed by atoms with Gasteiger partial charge in [0.1, 0.15) is 5.60 Å². The Labute approximate surface area is 83.6 Å². The monoisotopic (exact) mass is 187 g/mol. The molecule has 72 valence electrons. The van der Waals surface area contributed by atoms with E-state index >= 15 is 0 Å². The summed E-state index contributed by atoms with van der Waals surface area (Å²) in [6, 6.07) is 7.89. The summed E-state index contributed by atoms with van der Waals surface area (Å²) < 4.78 is 0. The zero-order chi connectivity index (χ0) is 10.2. The Morgan fingerprint density at radius 1 is 1.29 bits per heavy atom. The molecule has 1 aliphatic heterocycles. The van der Waals surface area contributed by atoms with Gasteiger partial charge in [0.25, 0.3) is 0 Å². The lowest BCUT2D eigenvalue weighted by atomic mass is 10.0. The molecule has 0 spiro atoms. The molecule has 14 heavy (non-hydrogen) atoms. The molecule has 2 heteroatoms. The summed E-state index contributed by atoms with van der Waals surface area (Å²) in [5.74, 6) is 0. The predicted octanol–water partition coefficient (Wildman–Crippen LogP) is 2.56. The van der Waals surface area contributed by atoms with Gasteiger partial charge in [-0.1, -0.05) is 18.2 Å². The Morgan fingerprint density at radius 2 is 2.00 bits per heavy atom. The van der Waals surface area contributed by atoms with Crippen LogP contribution in [0.1, 0.15) is 19.4 Å². The van der Waals surface area contributed by atoms with Crippen molar-refractivity contribution in [3.8, 4) is 0 Å². The highest BCUT2D eigenvalue weighted by molar-refractivity contribution is 5.85. The molecule has 0 aliphatic carbocycles. The van der Waals surface area contributed by atoms with Crippen molar-refractivity contribution in [3.63, 3.8) is 0 Å². The molecule has 1 atom stereocenters. The van der Waals surface area contributed by atoms with Crippen LogP contribution in [-0.2, 0) is 0 Å². The van der Waals surface area contributed by atoms with Crippen LogP contribution < -0.4 is 0 Å². The van der Waals surface area contributed by atoms with Crippen molar-refractivity contribution in [1.29, 1.82) is 0 Å². The maximum Gasteiger partial charge on any atom is 0.116 e. The van der Waals surface area contributed by atoms with Gasteiger partial charge in [0, 0.05) is 11.8 Å². The molecule has 0 saturated heterocycles. The van der Waals surface area contributed by atoms with E-state index in [1.807, 2.05) is 37.3 Å². The van der Waals surface area contributed by atoms with Crippen LogP contribution in [0.25, 0.3) is 5.57 Å². The minimum atomic E-state index is -0.941. The van der Waals surface area contributed by atoms with E-state index in [4.69, 9.17) is 0 Å². The number of benzene rings is 1. The van der Waals surface area contributed by atoms with Crippen LogP contribution >= 0.6 is 0 Å². The Bertz CT molecular complexity index is 416. The van der Waals surface area contributed by atoms with Gasteiger partial charge in [-0.3, -0.25) is 4.99 Å². The number of allylic oxidation sites excluding steroid dienone is 1. The lowest BCUT2D eigenvalue weighted by Gasteiger charge is -2.11. The van der Waals surface area contributed by atoms with E-state index in [9.17, 15) is 5.11 Å². The smallest absolute Gasteiger partial charge is 0.116 e. The Morgan fingerprint density at radius 3 is 2.79 bits per heavy atom. The van der Waals surface area contributed by atoms with E-state index in [0.717, 1.165) is 16.8 Å². The molecule has 0 bridgehead atoms. The van der Waals surface area contributed by atoms with Gasteiger partial charge in [0.15, 0.2) is 0 Å². The highest BCUT2D eigenvalue weighted by Crippen LogP contribution is 2.30. The van der Waals surface area contributed by atoms with E-state index in [-0.39, 0.29) is 0 Å². The summed E-state index contributed by atoms with van der Waals surface area (Å²) in [5, 5.41) is 9.87. The summed E-state index contributed by atoms with van der Waals surface area (Å²) in [7, 11) is 0. The van der Waals surface area contributed by atoms with Crippen LogP contribution in [0.4, 0.5) is 5.69 Å². The number of hydrogen-bond donors (Lipinski definition) is 1. The largest absolute Gasteiger partial charge is 0.380 e. The fourth-order valence-corrected chi connectivity index (χ4v) is 1.67. The van der Waals surface area contributed by atoms with Gasteiger partial charge in [-0.15, -0.1) is 0 Å². The van der Waals surface area contributed by atoms with Crippen molar-refractivity contribution >= 4 is 17.5 Å². The van der Waals surface area contributed by atoms with Crippen LogP contribution in [0, 0.1) is 0 Å². The molecular formula is C12H13NO. The third-order valence-electron chi connectivity index (χ3n) is 2.30. The second-order valence-electron chi connectivity index (χ2n) is 3.83. The van der Waals surface area contributed by atoms with Crippen LogP contribution in [0.15, 0.2) is 35.3 Å². The summed E-state index contributed by atoms with van der Waals surface area (Å²) in [6.45, 7) is 3.72. The first kappa shape index (κ1) is 9.16. The topological polar surface area (TPSA) is 32.6 Å². The maximum atomic E-state index is 9.87. The zero-order valence-corrected chi connectivity index (χ0v) is 8.36. The van der Waals surface area contributed by atoms with Crippen molar-refractivity contribution in [3.05, 3.63) is 35.9 Å². The molecule has 0 fully saturated rings. The maximum absolute atomic E-state index is 9.87. The molecule has 0 radical (unpaired) electrons. The Kier molecular flexibility index (Phi) is 2.01. The van der Waals surface area contributed by atoms with E-state index in [1.165, 1.54) is 0 Å². The number of fused-ring (bicyclic) bond motifs is 1. The van der Waals surface area contributed by atoms with Gasteiger partial charge >= 0.3 is 0 Å². The van der Waals surface area contributed by atoms with Crippen molar-refractivity contribution in [1.82, 2.24) is 0 Å². The van der Waals surface area contributed by atoms with E-state index in [0.29, 0.717) is 0 Å².